The molecule has 168 valence electrons. The van der Waals surface area contributed by atoms with Gasteiger partial charge in [0.15, 0.2) is 0 Å². The maximum Gasteiger partial charge on any atom is 0.240 e. The van der Waals surface area contributed by atoms with Crippen molar-refractivity contribution in [3.8, 4) is 11.6 Å². The number of hydrogen-bond acceptors (Lipinski definition) is 6. The molecule has 32 heavy (non-hydrogen) atoms. The molecule has 3 aromatic rings. The smallest absolute Gasteiger partial charge is 0.240 e. The second kappa shape index (κ2) is 8.94. The zero-order chi connectivity index (χ0) is 22.8. The molecular weight excluding hydrogens is 457 g/mol. The number of pyridine rings is 1. The molecule has 1 fully saturated rings. The molecule has 0 atom stereocenters. The zero-order valence-corrected chi connectivity index (χ0v) is 18.4. The summed E-state index contributed by atoms with van der Waals surface area (Å²) in [6, 6.07) is 13.6. The second-order valence-electron chi connectivity index (χ2n) is 7.25. The summed E-state index contributed by atoms with van der Waals surface area (Å²) in [4.78, 5) is 4.02. The van der Waals surface area contributed by atoms with Crippen molar-refractivity contribution >= 4 is 20.0 Å². The number of sulfonamides is 2. The Morgan fingerprint density at radius 3 is 2.16 bits per heavy atom. The van der Waals surface area contributed by atoms with Crippen molar-refractivity contribution in [2.75, 3.05) is 0 Å². The minimum absolute atomic E-state index is 0.0140. The molecule has 2 aromatic carbocycles. The highest BCUT2D eigenvalue weighted by Gasteiger charge is 2.28. The van der Waals surface area contributed by atoms with Crippen LogP contribution >= 0.6 is 0 Å². The van der Waals surface area contributed by atoms with Gasteiger partial charge in [0.05, 0.1) is 9.79 Å². The first-order valence-corrected chi connectivity index (χ1v) is 12.7. The van der Waals surface area contributed by atoms with Gasteiger partial charge in [0.25, 0.3) is 0 Å². The minimum Gasteiger partial charge on any atom is -0.439 e. The fourth-order valence-electron chi connectivity index (χ4n) is 2.79. The summed E-state index contributed by atoms with van der Waals surface area (Å²) in [6.45, 7) is -0.0338. The lowest BCUT2D eigenvalue weighted by Gasteiger charge is -2.10. The number of hydrogen-bond donors (Lipinski definition) is 2. The van der Waals surface area contributed by atoms with E-state index in [1.54, 1.807) is 12.1 Å². The molecule has 0 unspecified atom stereocenters. The summed E-state index contributed by atoms with van der Waals surface area (Å²) in [5.41, 5.74) is 0.591. The maximum absolute atomic E-state index is 13.0. The van der Waals surface area contributed by atoms with Crippen LogP contribution in [0.1, 0.15) is 18.4 Å². The number of ether oxygens (including phenoxy) is 1. The van der Waals surface area contributed by atoms with Crippen LogP contribution in [-0.2, 0) is 26.6 Å². The van der Waals surface area contributed by atoms with E-state index in [0.717, 1.165) is 12.8 Å². The predicted molar refractivity (Wildman–Crippen MR) is 115 cm³/mol. The highest BCUT2D eigenvalue weighted by molar-refractivity contribution is 7.90. The third kappa shape index (κ3) is 5.68. The fraction of sp³-hybridized carbons (Fsp3) is 0.190. The lowest BCUT2D eigenvalue weighted by atomic mass is 10.3. The van der Waals surface area contributed by atoms with Crippen molar-refractivity contribution in [1.82, 2.24) is 14.4 Å². The van der Waals surface area contributed by atoms with Gasteiger partial charge in [0.2, 0.25) is 25.9 Å². The second-order valence-corrected chi connectivity index (χ2v) is 10.7. The molecule has 0 saturated heterocycles. The summed E-state index contributed by atoms with van der Waals surface area (Å²) in [5.74, 6) is 0.229. The van der Waals surface area contributed by atoms with Crippen molar-refractivity contribution < 1.29 is 26.0 Å². The molecule has 11 heteroatoms. The molecule has 1 aromatic heterocycles. The Labute approximate surface area is 185 Å². The summed E-state index contributed by atoms with van der Waals surface area (Å²) in [7, 11) is -7.53. The number of rotatable bonds is 9. The molecule has 1 aliphatic carbocycles. The van der Waals surface area contributed by atoms with Crippen LogP contribution in [0, 0.1) is 5.82 Å². The quantitative estimate of drug-likeness (QED) is 0.490. The molecule has 1 saturated carbocycles. The number of nitrogens with one attached hydrogen (secondary N) is 2. The van der Waals surface area contributed by atoms with Crippen molar-refractivity contribution in [2.24, 2.45) is 0 Å². The number of benzene rings is 2. The van der Waals surface area contributed by atoms with Crippen LogP contribution in [0.5, 0.6) is 11.6 Å². The SMILES string of the molecule is O=S(=O)(NCc1ccnc(Oc2ccc(F)cc2)c1)c1ccc(S(=O)(=O)NC2CC2)cc1. The topological polar surface area (TPSA) is 114 Å². The van der Waals surface area contributed by atoms with Crippen molar-refractivity contribution in [3.05, 3.63) is 78.2 Å². The van der Waals surface area contributed by atoms with Gasteiger partial charge < -0.3 is 4.74 Å². The first-order valence-electron chi connectivity index (χ1n) is 9.72. The lowest BCUT2D eigenvalue weighted by molar-refractivity contribution is 0.460. The summed E-state index contributed by atoms with van der Waals surface area (Å²) in [6.07, 6.45) is 3.08. The van der Waals surface area contributed by atoms with Gasteiger partial charge in [-0.05, 0) is 73.0 Å². The molecule has 4 rings (SSSR count). The maximum atomic E-state index is 13.0. The monoisotopic (exact) mass is 477 g/mol. The number of nitrogens with zero attached hydrogens (tertiary/aromatic N) is 1. The largest absolute Gasteiger partial charge is 0.439 e. The van der Waals surface area contributed by atoms with Gasteiger partial charge >= 0.3 is 0 Å². The van der Waals surface area contributed by atoms with Crippen LogP contribution in [0.3, 0.4) is 0 Å². The highest BCUT2D eigenvalue weighted by Crippen LogP contribution is 2.23. The van der Waals surface area contributed by atoms with Crippen molar-refractivity contribution in [3.63, 3.8) is 0 Å². The van der Waals surface area contributed by atoms with E-state index in [4.69, 9.17) is 4.74 Å². The standard InChI is InChI=1S/C21H20FN3O5S2/c22-16-1-5-18(6-2-16)30-21-13-15(11-12-23-21)14-24-31(26,27)19-7-9-20(10-8-19)32(28,29)25-17-3-4-17/h1-2,5-13,17,24-25H,3-4,14H2. The number of halogens is 1. The van der Waals surface area contributed by atoms with Gasteiger partial charge in [-0.15, -0.1) is 0 Å². The Morgan fingerprint density at radius 2 is 1.53 bits per heavy atom. The third-order valence-electron chi connectivity index (χ3n) is 4.65. The van der Waals surface area contributed by atoms with Crippen LogP contribution in [0.4, 0.5) is 4.39 Å². The Morgan fingerprint density at radius 1 is 0.906 bits per heavy atom. The van der Waals surface area contributed by atoms with Gasteiger partial charge in [-0.3, -0.25) is 0 Å². The van der Waals surface area contributed by atoms with Gasteiger partial charge in [-0.1, -0.05) is 0 Å². The molecule has 1 heterocycles. The summed E-state index contributed by atoms with van der Waals surface area (Å²) in [5, 5.41) is 0. The molecule has 0 amide bonds. The van der Waals surface area contributed by atoms with Gasteiger partial charge in [0.1, 0.15) is 11.6 Å². The van der Waals surface area contributed by atoms with E-state index in [0.29, 0.717) is 11.3 Å². The molecule has 0 spiro atoms. The van der Waals surface area contributed by atoms with Crippen molar-refractivity contribution in [1.29, 1.82) is 0 Å². The lowest BCUT2D eigenvalue weighted by Crippen LogP contribution is -2.26. The van der Waals surface area contributed by atoms with E-state index in [2.05, 4.69) is 14.4 Å². The molecule has 8 nitrogen and oxygen atoms in total. The van der Waals surface area contributed by atoms with Crippen LogP contribution in [0.2, 0.25) is 0 Å². The molecule has 0 bridgehead atoms. The highest BCUT2D eigenvalue weighted by atomic mass is 32.2. The van der Waals surface area contributed by atoms with E-state index >= 15 is 0 Å². The van der Waals surface area contributed by atoms with E-state index < -0.39 is 25.9 Å². The molecule has 0 radical (unpaired) electrons. The first-order chi connectivity index (χ1) is 15.2. The minimum atomic E-state index is -3.88. The number of aromatic nitrogens is 1. The Bertz CT molecular complexity index is 1310. The predicted octanol–water partition coefficient (Wildman–Crippen LogP) is 2.93. The third-order valence-corrected chi connectivity index (χ3v) is 7.60. The van der Waals surface area contributed by atoms with E-state index in [9.17, 15) is 21.2 Å². The first kappa shape index (κ1) is 22.3. The van der Waals surface area contributed by atoms with E-state index in [1.807, 2.05) is 0 Å². The van der Waals surface area contributed by atoms with Crippen molar-refractivity contribution in [2.45, 2.75) is 35.2 Å². The van der Waals surface area contributed by atoms with Gasteiger partial charge in [0, 0.05) is 24.8 Å². The van der Waals surface area contributed by atoms with E-state index in [1.165, 1.54) is 54.7 Å². The Balaban J connectivity index is 1.41. The van der Waals surface area contributed by atoms with Crippen LogP contribution in [0.15, 0.2) is 76.7 Å². The van der Waals surface area contributed by atoms with Gasteiger partial charge in [-0.2, -0.15) is 0 Å². The average molecular weight is 478 g/mol. The molecule has 1 aliphatic rings. The van der Waals surface area contributed by atoms with Crippen LogP contribution in [0.25, 0.3) is 0 Å². The molecular formula is C21H20FN3O5S2. The Kier molecular flexibility index (Phi) is 6.24. The van der Waals surface area contributed by atoms with Crippen LogP contribution in [-0.4, -0.2) is 27.9 Å². The summed E-state index contributed by atoms with van der Waals surface area (Å²) >= 11 is 0. The van der Waals surface area contributed by atoms with E-state index in [-0.39, 0.29) is 28.3 Å². The summed E-state index contributed by atoms with van der Waals surface area (Å²) < 4.78 is 73.2. The van der Waals surface area contributed by atoms with Gasteiger partial charge in [-0.25, -0.2) is 35.7 Å². The normalized spacial score (nSPS) is 14.3. The average Bonchev–Trinajstić information content (AvgIpc) is 3.58. The molecule has 2 N–H and O–H groups in total. The molecule has 0 aliphatic heterocycles. The zero-order valence-electron chi connectivity index (χ0n) is 16.7. The Hall–Kier alpha value is -2.86. The fourth-order valence-corrected chi connectivity index (χ4v) is 5.11. The van der Waals surface area contributed by atoms with Crippen LogP contribution < -0.4 is 14.2 Å².